The number of hydrogen-bond acceptors (Lipinski definition) is 3. The molecular formula is C32H33N5O2. The third kappa shape index (κ3) is 4.92. The summed E-state index contributed by atoms with van der Waals surface area (Å²) >= 11 is 0. The van der Waals surface area contributed by atoms with Crippen LogP contribution in [0.4, 0.5) is 5.82 Å². The molecule has 0 radical (unpaired) electrons. The zero-order valence-corrected chi connectivity index (χ0v) is 22.5. The average molecular weight is 520 g/mol. The van der Waals surface area contributed by atoms with Crippen LogP contribution in [0.1, 0.15) is 60.6 Å². The van der Waals surface area contributed by atoms with Gasteiger partial charge >= 0.3 is 0 Å². The summed E-state index contributed by atoms with van der Waals surface area (Å²) in [4.78, 5) is 25.8. The number of hydrogen-bond donors (Lipinski definition) is 3. The van der Waals surface area contributed by atoms with E-state index in [0.29, 0.717) is 11.4 Å². The second kappa shape index (κ2) is 10.1. The standard InChI is InChI=1S/C32H33N5O2/c1-4-14-37-18-27(32(39)33-20(3)22-7-5-6-19(2)15-22)26-16-23(11-13-29(26)37)24-10-12-25-28(17-24)35-36-30(25)34-31(38)21-8-9-21/h5-7,10-13,15-18,20-21H,4,8-9,14H2,1-3H3,(H,33,39)(H2,34,35,36,38)/t20-/m0/s1. The number of carbonyl (C=O) groups is 2. The van der Waals surface area contributed by atoms with Gasteiger partial charge in [-0.1, -0.05) is 48.9 Å². The summed E-state index contributed by atoms with van der Waals surface area (Å²) in [5, 5.41) is 15.4. The maximum absolute atomic E-state index is 13.5. The summed E-state index contributed by atoms with van der Waals surface area (Å²) in [6.07, 6.45) is 4.85. The predicted octanol–water partition coefficient (Wildman–Crippen LogP) is 6.74. The van der Waals surface area contributed by atoms with E-state index >= 15 is 0 Å². The van der Waals surface area contributed by atoms with Gasteiger partial charge in [-0.15, -0.1) is 0 Å². The van der Waals surface area contributed by atoms with E-state index in [2.05, 4.69) is 69.6 Å². The lowest BCUT2D eigenvalue weighted by molar-refractivity contribution is -0.117. The number of fused-ring (bicyclic) bond motifs is 2. The Morgan fingerprint density at radius 1 is 1.05 bits per heavy atom. The Labute approximate surface area is 227 Å². The van der Waals surface area contributed by atoms with Gasteiger partial charge in [0.2, 0.25) is 5.91 Å². The second-order valence-corrected chi connectivity index (χ2v) is 10.7. The third-order valence-electron chi connectivity index (χ3n) is 7.57. The quantitative estimate of drug-likeness (QED) is 0.212. The Bertz CT molecular complexity index is 1710. The molecule has 1 fully saturated rings. The molecule has 3 aromatic carbocycles. The maximum Gasteiger partial charge on any atom is 0.253 e. The molecule has 0 unspecified atom stereocenters. The molecule has 0 bridgehead atoms. The van der Waals surface area contributed by atoms with Gasteiger partial charge < -0.3 is 15.2 Å². The van der Waals surface area contributed by atoms with Crippen LogP contribution in [0.3, 0.4) is 0 Å². The van der Waals surface area contributed by atoms with Crippen molar-refractivity contribution in [2.45, 2.75) is 52.6 Å². The number of carbonyl (C=O) groups excluding carboxylic acids is 2. The van der Waals surface area contributed by atoms with Crippen LogP contribution in [0.15, 0.2) is 66.9 Å². The molecule has 198 valence electrons. The highest BCUT2D eigenvalue weighted by atomic mass is 16.2. The van der Waals surface area contributed by atoms with Crippen molar-refractivity contribution in [1.29, 1.82) is 0 Å². The Hall–Kier alpha value is -4.39. The molecule has 0 spiro atoms. The zero-order chi connectivity index (χ0) is 27.1. The zero-order valence-electron chi connectivity index (χ0n) is 22.5. The molecule has 2 heterocycles. The molecule has 7 nitrogen and oxygen atoms in total. The Balaban J connectivity index is 1.32. The lowest BCUT2D eigenvalue weighted by Gasteiger charge is -2.14. The van der Waals surface area contributed by atoms with Gasteiger partial charge in [-0.25, -0.2) is 0 Å². The first kappa shape index (κ1) is 24.9. The van der Waals surface area contributed by atoms with Gasteiger partial charge in [0.05, 0.1) is 17.1 Å². The highest BCUT2D eigenvalue weighted by Gasteiger charge is 2.30. The number of rotatable bonds is 8. The molecular weight excluding hydrogens is 486 g/mol. The number of nitrogens with one attached hydrogen (secondary N) is 3. The van der Waals surface area contributed by atoms with E-state index in [1.807, 2.05) is 43.5 Å². The number of benzene rings is 3. The number of H-pyrrole nitrogens is 1. The monoisotopic (exact) mass is 519 g/mol. The van der Waals surface area contributed by atoms with Crippen molar-refractivity contribution in [1.82, 2.24) is 20.1 Å². The Morgan fingerprint density at radius 2 is 1.85 bits per heavy atom. The highest BCUT2D eigenvalue weighted by Crippen LogP contribution is 2.33. The van der Waals surface area contributed by atoms with Crippen molar-refractivity contribution in [3.8, 4) is 11.1 Å². The van der Waals surface area contributed by atoms with Crippen molar-refractivity contribution < 1.29 is 9.59 Å². The van der Waals surface area contributed by atoms with E-state index < -0.39 is 0 Å². The highest BCUT2D eigenvalue weighted by molar-refractivity contribution is 6.08. The van der Waals surface area contributed by atoms with E-state index in [4.69, 9.17) is 0 Å². The predicted molar refractivity (Wildman–Crippen MR) is 156 cm³/mol. The molecule has 1 aliphatic carbocycles. The maximum atomic E-state index is 13.5. The average Bonchev–Trinajstić information content (AvgIpc) is 3.63. The van der Waals surface area contributed by atoms with Crippen LogP contribution in [0.25, 0.3) is 32.9 Å². The third-order valence-corrected chi connectivity index (χ3v) is 7.57. The molecule has 2 amide bonds. The number of aryl methyl sites for hydroxylation is 2. The van der Waals surface area contributed by atoms with Gasteiger partial charge in [-0.05, 0) is 74.1 Å². The lowest BCUT2D eigenvalue weighted by Crippen LogP contribution is -2.26. The molecule has 39 heavy (non-hydrogen) atoms. The molecule has 1 saturated carbocycles. The minimum Gasteiger partial charge on any atom is -0.347 e. The Kier molecular flexibility index (Phi) is 6.43. The molecule has 6 rings (SSSR count). The number of nitrogens with zero attached hydrogens (tertiary/aromatic N) is 2. The molecule has 1 atom stereocenters. The molecule has 0 saturated heterocycles. The van der Waals surface area contributed by atoms with Crippen LogP contribution in [-0.4, -0.2) is 26.6 Å². The number of aromatic nitrogens is 3. The summed E-state index contributed by atoms with van der Waals surface area (Å²) in [6, 6.07) is 20.5. The summed E-state index contributed by atoms with van der Waals surface area (Å²) < 4.78 is 2.16. The summed E-state index contributed by atoms with van der Waals surface area (Å²) in [5.41, 5.74) is 6.85. The molecule has 3 N–H and O–H groups in total. The van der Waals surface area contributed by atoms with E-state index in [9.17, 15) is 9.59 Å². The lowest BCUT2D eigenvalue weighted by atomic mass is 10.0. The van der Waals surface area contributed by atoms with Gasteiger partial charge in [0.25, 0.3) is 5.91 Å². The fourth-order valence-corrected chi connectivity index (χ4v) is 5.24. The smallest absolute Gasteiger partial charge is 0.253 e. The van der Waals surface area contributed by atoms with Crippen molar-refractivity contribution in [3.63, 3.8) is 0 Å². The topological polar surface area (TPSA) is 91.8 Å². The largest absolute Gasteiger partial charge is 0.347 e. The van der Waals surface area contributed by atoms with Crippen molar-refractivity contribution in [2.75, 3.05) is 5.32 Å². The Morgan fingerprint density at radius 3 is 2.62 bits per heavy atom. The van der Waals surface area contributed by atoms with E-state index in [1.165, 1.54) is 5.56 Å². The second-order valence-electron chi connectivity index (χ2n) is 10.7. The minimum atomic E-state index is -0.109. The van der Waals surface area contributed by atoms with E-state index in [-0.39, 0.29) is 23.8 Å². The first-order valence-corrected chi connectivity index (χ1v) is 13.7. The van der Waals surface area contributed by atoms with Crippen LogP contribution >= 0.6 is 0 Å². The number of anilines is 1. The van der Waals surface area contributed by atoms with Gasteiger partial charge in [0.15, 0.2) is 5.82 Å². The summed E-state index contributed by atoms with van der Waals surface area (Å²) in [6.45, 7) is 7.06. The molecule has 7 heteroatoms. The number of aromatic amines is 1. The van der Waals surface area contributed by atoms with Crippen LogP contribution in [0, 0.1) is 12.8 Å². The van der Waals surface area contributed by atoms with Crippen molar-refractivity contribution in [3.05, 3.63) is 83.6 Å². The number of amides is 2. The molecule has 2 aromatic heterocycles. The van der Waals surface area contributed by atoms with Gasteiger partial charge in [0.1, 0.15) is 0 Å². The van der Waals surface area contributed by atoms with Gasteiger partial charge in [-0.2, -0.15) is 5.10 Å². The first-order valence-electron chi connectivity index (χ1n) is 13.7. The van der Waals surface area contributed by atoms with Crippen molar-refractivity contribution in [2.24, 2.45) is 5.92 Å². The van der Waals surface area contributed by atoms with Crippen LogP contribution in [0.2, 0.25) is 0 Å². The molecule has 0 aliphatic heterocycles. The van der Waals surface area contributed by atoms with Crippen LogP contribution < -0.4 is 10.6 Å². The minimum absolute atomic E-state index is 0.0389. The molecule has 5 aromatic rings. The fourth-order valence-electron chi connectivity index (χ4n) is 5.24. The van der Waals surface area contributed by atoms with Gasteiger partial charge in [-0.3, -0.25) is 14.7 Å². The summed E-state index contributed by atoms with van der Waals surface area (Å²) in [7, 11) is 0. The molecule has 1 aliphatic rings. The SMILES string of the molecule is CCCn1cc(C(=O)N[C@@H](C)c2cccc(C)c2)c2cc(-c3ccc4c(NC(=O)C5CC5)n[nH]c4c3)ccc21. The summed E-state index contributed by atoms with van der Waals surface area (Å²) in [5.74, 6) is 0.648. The van der Waals surface area contributed by atoms with Crippen LogP contribution in [0.5, 0.6) is 0 Å². The fraction of sp³-hybridized carbons (Fsp3) is 0.281. The van der Waals surface area contributed by atoms with E-state index in [0.717, 1.165) is 64.3 Å². The van der Waals surface area contributed by atoms with Crippen LogP contribution in [-0.2, 0) is 11.3 Å². The van der Waals surface area contributed by atoms with E-state index in [1.54, 1.807) is 0 Å². The van der Waals surface area contributed by atoms with Gasteiger partial charge in [0, 0.05) is 34.9 Å². The van der Waals surface area contributed by atoms with Crippen molar-refractivity contribution >= 4 is 39.4 Å². The first-order chi connectivity index (χ1) is 18.9. The normalized spacial score (nSPS) is 14.0.